The van der Waals surface area contributed by atoms with E-state index >= 15 is 0 Å². The molecule has 7 nitrogen and oxygen atoms in total. The zero-order valence-electron chi connectivity index (χ0n) is 18.0. The summed E-state index contributed by atoms with van der Waals surface area (Å²) in [7, 11) is 0. The number of aromatic nitrogens is 2. The van der Waals surface area contributed by atoms with Crippen molar-refractivity contribution in [1.82, 2.24) is 25.5 Å². The molecule has 33 heavy (non-hydrogen) atoms. The van der Waals surface area contributed by atoms with E-state index in [0.717, 1.165) is 56.6 Å². The number of carbonyl (C=O) groups is 2. The first-order chi connectivity index (χ1) is 15.8. The second-order valence-corrected chi connectivity index (χ2v) is 8.62. The zero-order valence-corrected chi connectivity index (χ0v) is 18.0. The average molecular weight is 461 g/mol. The predicted octanol–water partition coefficient (Wildman–Crippen LogP) is 2.75. The van der Waals surface area contributed by atoms with Crippen molar-refractivity contribution >= 4 is 11.8 Å². The van der Waals surface area contributed by atoms with Crippen LogP contribution in [0.1, 0.15) is 53.2 Å². The molecule has 2 aliphatic rings. The molecule has 176 valence electrons. The van der Waals surface area contributed by atoms with Gasteiger partial charge in [-0.1, -0.05) is 6.07 Å². The van der Waals surface area contributed by atoms with Crippen molar-refractivity contribution < 1.29 is 22.8 Å². The lowest BCUT2D eigenvalue weighted by molar-refractivity contribution is -0.137. The molecule has 0 radical (unpaired) electrons. The highest BCUT2D eigenvalue weighted by molar-refractivity contribution is 5.96. The molecule has 10 heteroatoms. The number of nitrogens with one attached hydrogen (secondary N) is 2. The molecule has 1 saturated carbocycles. The molecule has 4 rings (SSSR count). The fourth-order valence-corrected chi connectivity index (χ4v) is 4.54. The van der Waals surface area contributed by atoms with E-state index in [2.05, 4.69) is 25.5 Å². The van der Waals surface area contributed by atoms with E-state index in [-0.39, 0.29) is 24.1 Å². The topological polar surface area (TPSA) is 87.2 Å². The van der Waals surface area contributed by atoms with Gasteiger partial charge in [-0.05, 0) is 43.9 Å². The number of amides is 2. The van der Waals surface area contributed by atoms with E-state index < -0.39 is 17.6 Å². The largest absolute Gasteiger partial charge is 0.416 e. The molecular weight excluding hydrogens is 435 g/mol. The average Bonchev–Trinajstić information content (AvgIpc) is 2.80. The molecule has 2 N–H and O–H groups in total. The molecule has 1 saturated heterocycles. The maximum absolute atomic E-state index is 12.8. The van der Waals surface area contributed by atoms with Crippen LogP contribution < -0.4 is 10.6 Å². The van der Waals surface area contributed by atoms with Gasteiger partial charge in [0.1, 0.15) is 0 Å². The van der Waals surface area contributed by atoms with Crippen LogP contribution in [-0.4, -0.2) is 58.4 Å². The minimum absolute atomic E-state index is 0.0145. The Morgan fingerprint density at radius 3 is 2.52 bits per heavy atom. The Bertz CT molecular complexity index is 972. The van der Waals surface area contributed by atoms with Crippen LogP contribution in [0.4, 0.5) is 13.2 Å². The number of rotatable bonds is 6. The van der Waals surface area contributed by atoms with Crippen molar-refractivity contribution in [2.45, 2.75) is 49.9 Å². The van der Waals surface area contributed by atoms with Crippen molar-refractivity contribution in [1.29, 1.82) is 0 Å². The van der Waals surface area contributed by atoms with E-state index in [0.29, 0.717) is 12.0 Å². The smallest absolute Gasteiger partial charge is 0.349 e. The highest BCUT2D eigenvalue weighted by atomic mass is 19.4. The molecular formula is C23H26F3N5O2. The van der Waals surface area contributed by atoms with Crippen LogP contribution in [0.25, 0.3) is 0 Å². The van der Waals surface area contributed by atoms with Crippen LogP contribution in [0.3, 0.4) is 0 Å². The van der Waals surface area contributed by atoms with Gasteiger partial charge < -0.3 is 10.6 Å². The number of hydrogen-bond donors (Lipinski definition) is 2. The third-order valence-electron chi connectivity index (χ3n) is 6.35. The fraction of sp³-hybridized carbons (Fsp3) is 0.478. The maximum atomic E-state index is 12.8. The third kappa shape index (κ3) is 5.87. The van der Waals surface area contributed by atoms with E-state index in [4.69, 9.17) is 0 Å². The molecule has 0 bridgehead atoms. The van der Waals surface area contributed by atoms with Crippen LogP contribution in [0, 0.1) is 0 Å². The van der Waals surface area contributed by atoms with Crippen LogP contribution in [-0.2, 0) is 11.0 Å². The van der Waals surface area contributed by atoms with E-state index in [9.17, 15) is 22.8 Å². The molecule has 0 atom stereocenters. The van der Waals surface area contributed by atoms with Crippen LogP contribution in [0.2, 0.25) is 0 Å². The molecule has 0 unspecified atom stereocenters. The molecule has 2 heterocycles. The number of benzene rings is 1. The first kappa shape index (κ1) is 23.2. The van der Waals surface area contributed by atoms with E-state index in [1.807, 2.05) is 6.20 Å². The Morgan fingerprint density at radius 1 is 1.09 bits per heavy atom. The van der Waals surface area contributed by atoms with Crippen molar-refractivity contribution in [3.63, 3.8) is 0 Å². The normalized spacial score (nSPS) is 21.8. The highest BCUT2D eigenvalue weighted by Gasteiger charge is 2.35. The lowest BCUT2D eigenvalue weighted by atomic mass is 9.82. The Morgan fingerprint density at radius 2 is 1.85 bits per heavy atom. The Labute approximate surface area is 189 Å². The monoisotopic (exact) mass is 461 g/mol. The Balaban J connectivity index is 1.16. The summed E-state index contributed by atoms with van der Waals surface area (Å²) in [5.74, 6) is -0.621. The first-order valence-corrected chi connectivity index (χ1v) is 11.0. The van der Waals surface area contributed by atoms with Gasteiger partial charge in [0.05, 0.1) is 23.8 Å². The third-order valence-corrected chi connectivity index (χ3v) is 6.35. The minimum Gasteiger partial charge on any atom is -0.349 e. The molecule has 1 aromatic heterocycles. The van der Waals surface area contributed by atoms with Crippen molar-refractivity contribution in [3.05, 3.63) is 59.7 Å². The molecule has 2 amide bonds. The maximum Gasteiger partial charge on any atom is 0.416 e. The highest BCUT2D eigenvalue weighted by Crippen LogP contribution is 2.35. The number of likely N-dealkylation sites (tertiary alicyclic amines) is 1. The van der Waals surface area contributed by atoms with Gasteiger partial charge in [0.25, 0.3) is 5.91 Å². The van der Waals surface area contributed by atoms with E-state index in [1.54, 1.807) is 12.4 Å². The minimum atomic E-state index is -4.53. The number of nitrogens with zero attached hydrogens (tertiary/aromatic N) is 3. The standard InChI is InChI=1S/C23H26F3N5O2/c24-23(25,26)17-3-1-2-16(10-17)22(33)29-12-21(32)30-18-13-31(14-18)19-6-4-15(5-7-19)20-11-27-8-9-28-20/h1-3,8-11,15,18-19H,4-7,12-14H2,(H,29,33)(H,30,32). The zero-order chi connectivity index (χ0) is 23.4. The summed E-state index contributed by atoms with van der Waals surface area (Å²) >= 11 is 0. The van der Waals surface area contributed by atoms with Gasteiger partial charge >= 0.3 is 6.18 Å². The van der Waals surface area contributed by atoms with Gasteiger partial charge in [0.15, 0.2) is 0 Å². The quantitative estimate of drug-likeness (QED) is 0.691. The van der Waals surface area contributed by atoms with Crippen LogP contribution in [0.15, 0.2) is 42.9 Å². The summed E-state index contributed by atoms with van der Waals surface area (Å²) in [6.07, 6.45) is 5.01. The number of alkyl halides is 3. The van der Waals surface area contributed by atoms with Gasteiger partial charge in [-0.15, -0.1) is 0 Å². The van der Waals surface area contributed by atoms with Gasteiger partial charge in [0, 0.05) is 49.2 Å². The van der Waals surface area contributed by atoms with Crippen LogP contribution in [0.5, 0.6) is 0 Å². The van der Waals surface area contributed by atoms with Gasteiger partial charge in [-0.2, -0.15) is 13.2 Å². The fourth-order valence-electron chi connectivity index (χ4n) is 4.54. The SMILES string of the molecule is O=C(CNC(=O)c1cccc(C(F)(F)F)c1)NC1CN(C2CCC(c3cnccn3)CC2)C1. The van der Waals surface area contributed by atoms with Crippen LogP contribution >= 0.6 is 0 Å². The summed E-state index contributed by atoms with van der Waals surface area (Å²) in [6.45, 7) is 1.23. The molecule has 2 aromatic rings. The van der Waals surface area contributed by atoms with Gasteiger partial charge in [-0.3, -0.25) is 24.5 Å². The van der Waals surface area contributed by atoms with Gasteiger partial charge in [-0.25, -0.2) is 0 Å². The summed E-state index contributed by atoms with van der Waals surface area (Å²) in [4.78, 5) is 35.2. The number of halogens is 3. The van der Waals surface area contributed by atoms with Crippen molar-refractivity contribution in [2.24, 2.45) is 0 Å². The number of carbonyl (C=O) groups excluding carboxylic acids is 2. The van der Waals surface area contributed by atoms with Crippen molar-refractivity contribution in [2.75, 3.05) is 19.6 Å². The Kier molecular flexibility index (Phi) is 6.92. The lowest BCUT2D eigenvalue weighted by Crippen LogP contribution is -2.63. The lowest BCUT2D eigenvalue weighted by Gasteiger charge is -2.46. The Hall–Kier alpha value is -3.01. The van der Waals surface area contributed by atoms with E-state index in [1.165, 1.54) is 12.1 Å². The van der Waals surface area contributed by atoms with Gasteiger partial charge in [0.2, 0.25) is 5.91 Å². The second-order valence-electron chi connectivity index (χ2n) is 8.62. The molecule has 1 aromatic carbocycles. The van der Waals surface area contributed by atoms with Crippen molar-refractivity contribution in [3.8, 4) is 0 Å². The second kappa shape index (κ2) is 9.86. The summed E-state index contributed by atoms with van der Waals surface area (Å²) in [5, 5.41) is 5.25. The predicted molar refractivity (Wildman–Crippen MR) is 114 cm³/mol. The molecule has 0 spiro atoms. The number of hydrogen-bond acceptors (Lipinski definition) is 5. The molecule has 1 aliphatic heterocycles. The molecule has 1 aliphatic carbocycles. The summed E-state index contributed by atoms with van der Waals surface area (Å²) in [5.41, 5.74) is 0.0151. The summed E-state index contributed by atoms with van der Waals surface area (Å²) in [6, 6.07) is 4.63. The molecule has 2 fully saturated rings. The summed E-state index contributed by atoms with van der Waals surface area (Å²) < 4.78 is 38.4. The first-order valence-electron chi connectivity index (χ1n) is 11.0.